The molecule has 2 aliphatic rings. The molecule has 0 aromatic rings. The Labute approximate surface area is 115 Å². The van der Waals surface area contributed by atoms with Crippen LogP contribution in [-0.2, 0) is 0 Å². The molecule has 5 heteroatoms. The molecule has 5 nitrogen and oxygen atoms in total. The molecule has 19 heavy (non-hydrogen) atoms. The maximum absolute atomic E-state index is 9.53. The van der Waals surface area contributed by atoms with Crippen molar-refractivity contribution in [1.29, 1.82) is 0 Å². The SMILES string of the molecule is CNC1=C(N=C(CO)CN2CCNCC2)CCCC1. The van der Waals surface area contributed by atoms with Gasteiger partial charge in [-0.05, 0) is 25.7 Å². The highest BCUT2D eigenvalue weighted by atomic mass is 16.3. The number of allylic oxidation sites excluding steroid dienone is 2. The lowest BCUT2D eigenvalue weighted by molar-refractivity contribution is 0.264. The minimum Gasteiger partial charge on any atom is -0.390 e. The molecule has 0 spiro atoms. The van der Waals surface area contributed by atoms with Gasteiger partial charge >= 0.3 is 0 Å². The quantitative estimate of drug-likeness (QED) is 0.628. The summed E-state index contributed by atoms with van der Waals surface area (Å²) >= 11 is 0. The third-order valence-electron chi connectivity index (χ3n) is 3.83. The van der Waals surface area contributed by atoms with Crippen LogP contribution in [-0.4, -0.2) is 62.1 Å². The first-order chi connectivity index (χ1) is 9.33. The van der Waals surface area contributed by atoms with Crippen molar-refractivity contribution in [2.45, 2.75) is 25.7 Å². The van der Waals surface area contributed by atoms with Crippen LogP contribution in [0.15, 0.2) is 16.4 Å². The fourth-order valence-electron chi connectivity index (χ4n) is 2.72. The van der Waals surface area contributed by atoms with Crippen molar-refractivity contribution < 1.29 is 5.11 Å². The molecule has 1 fully saturated rings. The molecule has 0 bridgehead atoms. The van der Waals surface area contributed by atoms with Crippen LogP contribution in [0, 0.1) is 0 Å². The van der Waals surface area contributed by atoms with Crippen LogP contribution in [0.2, 0.25) is 0 Å². The second-order valence-corrected chi connectivity index (χ2v) is 5.24. The Morgan fingerprint density at radius 3 is 2.74 bits per heavy atom. The standard InChI is InChI=1S/C14H26N4O/c1-15-13-4-2-3-5-14(13)17-12(11-19)10-18-8-6-16-7-9-18/h15-16,19H,2-11H2,1H3. The Hall–Kier alpha value is -0.910. The van der Waals surface area contributed by atoms with E-state index in [9.17, 15) is 5.11 Å². The average Bonchev–Trinajstić information content (AvgIpc) is 2.48. The number of aliphatic hydroxyl groups excluding tert-OH is 1. The van der Waals surface area contributed by atoms with Crippen LogP contribution in [0.4, 0.5) is 0 Å². The Balaban J connectivity index is 2.02. The van der Waals surface area contributed by atoms with Gasteiger partial charge in [0.05, 0.1) is 18.0 Å². The highest BCUT2D eigenvalue weighted by Gasteiger charge is 2.15. The monoisotopic (exact) mass is 266 g/mol. The zero-order valence-corrected chi connectivity index (χ0v) is 11.9. The number of rotatable bonds is 5. The zero-order chi connectivity index (χ0) is 13.5. The summed E-state index contributed by atoms with van der Waals surface area (Å²) in [6, 6.07) is 0. The highest BCUT2D eigenvalue weighted by Crippen LogP contribution is 2.23. The molecule has 2 rings (SSSR count). The minimum atomic E-state index is 0.0599. The summed E-state index contributed by atoms with van der Waals surface area (Å²) in [4.78, 5) is 7.08. The van der Waals surface area contributed by atoms with E-state index in [-0.39, 0.29) is 6.61 Å². The Morgan fingerprint density at radius 2 is 2.05 bits per heavy atom. The summed E-state index contributed by atoms with van der Waals surface area (Å²) in [5, 5.41) is 16.1. The highest BCUT2D eigenvalue weighted by molar-refractivity contribution is 5.88. The smallest absolute Gasteiger partial charge is 0.0827 e. The van der Waals surface area contributed by atoms with Gasteiger partial charge in [0.25, 0.3) is 0 Å². The van der Waals surface area contributed by atoms with E-state index in [4.69, 9.17) is 4.99 Å². The minimum absolute atomic E-state index is 0.0599. The Morgan fingerprint density at radius 1 is 1.32 bits per heavy atom. The maximum Gasteiger partial charge on any atom is 0.0827 e. The van der Waals surface area contributed by atoms with Gasteiger partial charge in [-0.1, -0.05) is 0 Å². The second-order valence-electron chi connectivity index (χ2n) is 5.24. The zero-order valence-electron chi connectivity index (χ0n) is 11.9. The van der Waals surface area contributed by atoms with Gasteiger partial charge in [0, 0.05) is 45.5 Å². The van der Waals surface area contributed by atoms with Crippen molar-refractivity contribution in [3.8, 4) is 0 Å². The van der Waals surface area contributed by atoms with Crippen LogP contribution in [0.25, 0.3) is 0 Å². The van der Waals surface area contributed by atoms with Crippen LogP contribution in [0.5, 0.6) is 0 Å². The molecule has 1 aliphatic heterocycles. The summed E-state index contributed by atoms with van der Waals surface area (Å²) in [7, 11) is 1.96. The largest absolute Gasteiger partial charge is 0.390 e. The van der Waals surface area contributed by atoms with E-state index in [0.717, 1.165) is 57.0 Å². The molecule has 3 N–H and O–H groups in total. The number of hydrogen-bond donors (Lipinski definition) is 3. The first-order valence-corrected chi connectivity index (χ1v) is 7.33. The lowest BCUT2D eigenvalue weighted by atomic mass is 10.0. The van der Waals surface area contributed by atoms with Gasteiger partial charge in [0.15, 0.2) is 0 Å². The van der Waals surface area contributed by atoms with Crippen molar-refractivity contribution in [1.82, 2.24) is 15.5 Å². The van der Waals surface area contributed by atoms with Crippen LogP contribution < -0.4 is 10.6 Å². The topological polar surface area (TPSA) is 59.9 Å². The normalized spacial score (nSPS) is 22.7. The summed E-state index contributed by atoms with van der Waals surface area (Å²) in [5.74, 6) is 0. The van der Waals surface area contributed by atoms with Gasteiger partial charge in [-0.2, -0.15) is 0 Å². The molecule has 0 atom stereocenters. The van der Waals surface area contributed by atoms with E-state index in [1.807, 2.05) is 7.05 Å². The van der Waals surface area contributed by atoms with Crippen LogP contribution in [0.3, 0.4) is 0 Å². The number of piperazine rings is 1. The van der Waals surface area contributed by atoms with E-state index in [1.54, 1.807) is 0 Å². The predicted octanol–water partition coefficient (Wildman–Crippen LogP) is 0.330. The van der Waals surface area contributed by atoms with Gasteiger partial charge in [0.2, 0.25) is 0 Å². The molecule has 0 amide bonds. The lowest BCUT2D eigenvalue weighted by Crippen LogP contribution is -2.45. The van der Waals surface area contributed by atoms with E-state index >= 15 is 0 Å². The number of aliphatic hydroxyl groups is 1. The molecule has 108 valence electrons. The lowest BCUT2D eigenvalue weighted by Gasteiger charge is -2.27. The maximum atomic E-state index is 9.53. The molecule has 0 radical (unpaired) electrons. The molecule has 0 aromatic heterocycles. The second kappa shape index (κ2) is 7.62. The molecule has 0 saturated carbocycles. The third-order valence-corrected chi connectivity index (χ3v) is 3.83. The fraction of sp³-hybridized carbons (Fsp3) is 0.786. The van der Waals surface area contributed by atoms with Crippen molar-refractivity contribution in [2.24, 2.45) is 4.99 Å². The molecule has 1 aliphatic carbocycles. The van der Waals surface area contributed by atoms with Crippen molar-refractivity contribution in [3.05, 3.63) is 11.4 Å². The predicted molar refractivity (Wildman–Crippen MR) is 78.4 cm³/mol. The van der Waals surface area contributed by atoms with Gasteiger partial charge in [0.1, 0.15) is 0 Å². The van der Waals surface area contributed by atoms with E-state index in [1.165, 1.54) is 18.5 Å². The first-order valence-electron chi connectivity index (χ1n) is 7.33. The molecular formula is C14H26N4O. The van der Waals surface area contributed by atoms with Gasteiger partial charge < -0.3 is 15.7 Å². The molecular weight excluding hydrogens is 240 g/mol. The summed E-state index contributed by atoms with van der Waals surface area (Å²) < 4.78 is 0. The summed E-state index contributed by atoms with van der Waals surface area (Å²) in [5.41, 5.74) is 3.29. The fourth-order valence-corrected chi connectivity index (χ4v) is 2.72. The van der Waals surface area contributed by atoms with E-state index in [2.05, 4.69) is 15.5 Å². The van der Waals surface area contributed by atoms with Gasteiger partial charge in [-0.3, -0.25) is 9.89 Å². The molecule has 1 saturated heterocycles. The van der Waals surface area contributed by atoms with E-state index < -0.39 is 0 Å². The Bertz CT molecular complexity index is 345. The molecule has 0 unspecified atom stereocenters. The number of aliphatic imine (C=N–C) groups is 1. The first kappa shape index (κ1) is 14.5. The van der Waals surface area contributed by atoms with Gasteiger partial charge in [-0.15, -0.1) is 0 Å². The van der Waals surface area contributed by atoms with Crippen molar-refractivity contribution >= 4 is 5.71 Å². The third kappa shape index (κ3) is 4.30. The number of nitrogens with one attached hydrogen (secondary N) is 2. The average molecular weight is 266 g/mol. The van der Waals surface area contributed by atoms with Gasteiger partial charge in [-0.25, -0.2) is 0 Å². The van der Waals surface area contributed by atoms with Crippen LogP contribution in [0.1, 0.15) is 25.7 Å². The summed E-state index contributed by atoms with van der Waals surface area (Å²) in [6.07, 6.45) is 4.56. The van der Waals surface area contributed by atoms with Crippen molar-refractivity contribution in [2.75, 3.05) is 46.4 Å². The Kier molecular flexibility index (Phi) is 5.82. The van der Waals surface area contributed by atoms with Crippen LogP contribution >= 0.6 is 0 Å². The molecule has 1 heterocycles. The molecule has 0 aromatic carbocycles. The van der Waals surface area contributed by atoms with E-state index in [0.29, 0.717) is 0 Å². The van der Waals surface area contributed by atoms with Crippen molar-refractivity contribution in [3.63, 3.8) is 0 Å². The number of nitrogens with zero attached hydrogens (tertiary/aromatic N) is 2. The summed E-state index contributed by atoms with van der Waals surface area (Å²) in [6.45, 7) is 4.99. The number of hydrogen-bond acceptors (Lipinski definition) is 5.